The molecule has 1 aliphatic heterocycles. The third kappa shape index (κ3) is 4.59. The van der Waals surface area contributed by atoms with Crippen molar-refractivity contribution in [3.8, 4) is 0 Å². The maximum Gasteiger partial charge on any atom is 0.326 e. The van der Waals surface area contributed by atoms with Gasteiger partial charge in [0.25, 0.3) is 0 Å². The van der Waals surface area contributed by atoms with Crippen molar-refractivity contribution in [2.75, 3.05) is 13.2 Å². The molecule has 1 amide bonds. The number of carbonyl (C=O) groups excluding carboxylic acids is 1. The van der Waals surface area contributed by atoms with Crippen LogP contribution in [-0.2, 0) is 20.7 Å². The van der Waals surface area contributed by atoms with Crippen molar-refractivity contribution in [1.29, 1.82) is 0 Å². The summed E-state index contributed by atoms with van der Waals surface area (Å²) in [7, 11) is 0. The average Bonchev–Trinajstić information content (AvgIpc) is 2.90. The second-order valence-corrected chi connectivity index (χ2v) is 5.81. The molecule has 2 atom stereocenters. The molecule has 1 aliphatic rings. The first-order valence-corrected chi connectivity index (χ1v) is 7.27. The van der Waals surface area contributed by atoms with E-state index in [1.807, 2.05) is 0 Å². The van der Waals surface area contributed by atoms with E-state index in [0.29, 0.717) is 35.2 Å². The van der Waals surface area contributed by atoms with Gasteiger partial charge in [-0.15, -0.1) is 0 Å². The third-order valence-corrected chi connectivity index (χ3v) is 3.71. The van der Waals surface area contributed by atoms with E-state index in [4.69, 9.17) is 27.9 Å². The summed E-state index contributed by atoms with van der Waals surface area (Å²) in [5.74, 6) is -1.68. The standard InChI is InChI=1S/C14H15Cl2NO4/c15-10-3-8(4-11(16)6-10)5-12(14(19)20)17-13(18)9-1-2-21-7-9/h3-4,6,9,12H,1-2,5,7H2,(H,17,18)(H,19,20). The summed E-state index contributed by atoms with van der Waals surface area (Å²) in [6, 6.07) is 3.81. The van der Waals surface area contributed by atoms with E-state index in [0.717, 1.165) is 0 Å². The number of nitrogens with one attached hydrogen (secondary N) is 1. The summed E-state index contributed by atoms with van der Waals surface area (Å²) in [6.45, 7) is 0.862. The molecule has 0 aliphatic carbocycles. The zero-order chi connectivity index (χ0) is 15.4. The average molecular weight is 332 g/mol. The lowest BCUT2D eigenvalue weighted by Gasteiger charge is -2.17. The molecule has 1 fully saturated rings. The normalized spacial score (nSPS) is 19.2. The van der Waals surface area contributed by atoms with Crippen LogP contribution in [-0.4, -0.2) is 36.2 Å². The number of rotatable bonds is 5. The number of carboxylic acids is 1. The van der Waals surface area contributed by atoms with E-state index < -0.39 is 12.0 Å². The minimum Gasteiger partial charge on any atom is -0.480 e. The van der Waals surface area contributed by atoms with Gasteiger partial charge in [0.2, 0.25) is 5.91 Å². The first-order chi connectivity index (χ1) is 9.95. The molecule has 2 N–H and O–H groups in total. The molecule has 0 saturated carbocycles. The van der Waals surface area contributed by atoms with Crippen LogP contribution < -0.4 is 5.32 Å². The highest BCUT2D eigenvalue weighted by atomic mass is 35.5. The topological polar surface area (TPSA) is 75.6 Å². The Balaban J connectivity index is 2.04. The summed E-state index contributed by atoms with van der Waals surface area (Å²) >= 11 is 11.8. The third-order valence-electron chi connectivity index (χ3n) is 3.28. The van der Waals surface area contributed by atoms with Crippen LogP contribution in [0.15, 0.2) is 18.2 Å². The molecule has 7 heteroatoms. The van der Waals surface area contributed by atoms with Crippen LogP contribution in [0, 0.1) is 5.92 Å². The van der Waals surface area contributed by atoms with Crippen LogP contribution in [0.3, 0.4) is 0 Å². The molecule has 1 aromatic rings. The highest BCUT2D eigenvalue weighted by Crippen LogP contribution is 2.20. The lowest BCUT2D eigenvalue weighted by molar-refractivity contribution is -0.142. The van der Waals surface area contributed by atoms with Crippen molar-refractivity contribution in [2.24, 2.45) is 5.92 Å². The Hall–Kier alpha value is -1.30. The molecular formula is C14H15Cl2NO4. The molecule has 1 saturated heterocycles. The number of ether oxygens (including phenoxy) is 1. The fourth-order valence-electron chi connectivity index (χ4n) is 2.20. The first-order valence-electron chi connectivity index (χ1n) is 6.51. The number of amides is 1. The van der Waals surface area contributed by atoms with Crippen LogP contribution in [0.5, 0.6) is 0 Å². The van der Waals surface area contributed by atoms with Crippen LogP contribution >= 0.6 is 23.2 Å². The lowest BCUT2D eigenvalue weighted by Crippen LogP contribution is -2.45. The fourth-order valence-corrected chi connectivity index (χ4v) is 2.77. The van der Waals surface area contributed by atoms with Gasteiger partial charge in [-0.05, 0) is 30.2 Å². The fraction of sp³-hybridized carbons (Fsp3) is 0.429. The predicted octanol–water partition coefficient (Wildman–Crippen LogP) is 2.14. The summed E-state index contributed by atoms with van der Waals surface area (Å²) in [6.07, 6.45) is 0.732. The number of aliphatic carboxylic acids is 1. The molecule has 2 unspecified atom stereocenters. The molecule has 21 heavy (non-hydrogen) atoms. The summed E-state index contributed by atoms with van der Waals surface area (Å²) in [5, 5.41) is 12.6. The molecule has 0 bridgehead atoms. The Morgan fingerprint density at radius 2 is 2.00 bits per heavy atom. The van der Waals surface area contributed by atoms with Gasteiger partial charge < -0.3 is 15.2 Å². The second kappa shape index (κ2) is 7.11. The zero-order valence-electron chi connectivity index (χ0n) is 11.1. The summed E-state index contributed by atoms with van der Waals surface area (Å²) in [4.78, 5) is 23.3. The Bertz CT molecular complexity index is 524. The van der Waals surface area contributed by atoms with Gasteiger partial charge in [-0.2, -0.15) is 0 Å². The van der Waals surface area contributed by atoms with Crippen molar-refractivity contribution in [3.05, 3.63) is 33.8 Å². The number of hydrogen-bond acceptors (Lipinski definition) is 3. The maximum absolute atomic E-state index is 12.0. The van der Waals surface area contributed by atoms with Gasteiger partial charge in [-0.25, -0.2) is 4.79 Å². The van der Waals surface area contributed by atoms with Gasteiger partial charge >= 0.3 is 5.97 Å². The molecule has 0 radical (unpaired) electrons. The molecule has 5 nitrogen and oxygen atoms in total. The van der Waals surface area contributed by atoms with Crippen molar-refractivity contribution < 1.29 is 19.4 Å². The van der Waals surface area contributed by atoms with E-state index in [1.54, 1.807) is 18.2 Å². The summed E-state index contributed by atoms with van der Waals surface area (Å²) in [5.41, 5.74) is 0.655. The Morgan fingerprint density at radius 3 is 2.52 bits per heavy atom. The quantitative estimate of drug-likeness (QED) is 0.866. The largest absolute Gasteiger partial charge is 0.480 e. The first kappa shape index (κ1) is 16.1. The Kier molecular flexibility index (Phi) is 5.45. The van der Waals surface area contributed by atoms with E-state index in [2.05, 4.69) is 5.32 Å². The number of benzene rings is 1. The van der Waals surface area contributed by atoms with Crippen LogP contribution in [0.1, 0.15) is 12.0 Å². The number of hydrogen-bond donors (Lipinski definition) is 2. The van der Waals surface area contributed by atoms with Crippen molar-refractivity contribution in [1.82, 2.24) is 5.32 Å². The molecule has 2 rings (SSSR count). The van der Waals surface area contributed by atoms with Crippen molar-refractivity contribution in [3.63, 3.8) is 0 Å². The van der Waals surface area contributed by atoms with Gasteiger partial charge in [0.05, 0.1) is 12.5 Å². The van der Waals surface area contributed by atoms with Gasteiger partial charge in [-0.3, -0.25) is 4.79 Å². The number of carbonyl (C=O) groups is 2. The zero-order valence-corrected chi connectivity index (χ0v) is 12.7. The van der Waals surface area contributed by atoms with E-state index >= 15 is 0 Å². The highest BCUT2D eigenvalue weighted by molar-refractivity contribution is 6.34. The second-order valence-electron chi connectivity index (χ2n) is 4.94. The molecule has 1 heterocycles. The Morgan fingerprint density at radius 1 is 1.33 bits per heavy atom. The molecule has 0 aromatic heterocycles. The Labute approximate surface area is 132 Å². The van der Waals surface area contributed by atoms with Gasteiger partial charge in [0.1, 0.15) is 6.04 Å². The van der Waals surface area contributed by atoms with E-state index in [-0.39, 0.29) is 18.2 Å². The van der Waals surface area contributed by atoms with Crippen molar-refractivity contribution >= 4 is 35.1 Å². The van der Waals surface area contributed by atoms with Crippen LogP contribution in [0.4, 0.5) is 0 Å². The smallest absolute Gasteiger partial charge is 0.326 e. The maximum atomic E-state index is 12.0. The molecule has 1 aromatic carbocycles. The van der Waals surface area contributed by atoms with Gasteiger partial charge in [0, 0.05) is 23.1 Å². The molecule has 114 valence electrons. The van der Waals surface area contributed by atoms with Crippen LogP contribution in [0.25, 0.3) is 0 Å². The van der Waals surface area contributed by atoms with Gasteiger partial charge in [0.15, 0.2) is 0 Å². The number of carboxylic acid groups (broad SMARTS) is 1. The minimum atomic E-state index is -1.10. The van der Waals surface area contributed by atoms with Crippen LogP contribution in [0.2, 0.25) is 10.0 Å². The minimum absolute atomic E-state index is 0.120. The van der Waals surface area contributed by atoms with Gasteiger partial charge in [-0.1, -0.05) is 23.2 Å². The van der Waals surface area contributed by atoms with E-state index in [1.165, 1.54) is 0 Å². The monoisotopic (exact) mass is 331 g/mol. The predicted molar refractivity (Wildman–Crippen MR) is 78.7 cm³/mol. The summed E-state index contributed by atoms with van der Waals surface area (Å²) < 4.78 is 5.13. The molecular weight excluding hydrogens is 317 g/mol. The lowest BCUT2D eigenvalue weighted by atomic mass is 10.0. The molecule has 0 spiro atoms. The van der Waals surface area contributed by atoms with E-state index in [9.17, 15) is 14.7 Å². The van der Waals surface area contributed by atoms with Crippen molar-refractivity contribution in [2.45, 2.75) is 18.9 Å². The number of halogens is 2. The SMILES string of the molecule is O=C(NC(Cc1cc(Cl)cc(Cl)c1)C(=O)O)C1CCOC1. The highest BCUT2D eigenvalue weighted by Gasteiger charge is 2.28.